The molecule has 0 saturated carbocycles. The summed E-state index contributed by atoms with van der Waals surface area (Å²) in [4.78, 5) is 25.7. The SMILES string of the molecule is COc1ccccc1[C@H](C)N[C@H](C)C(=O)Nc1ccccc1C(=O)c1ccccc1. The Labute approximate surface area is 177 Å². The average Bonchev–Trinajstić information content (AvgIpc) is 2.79. The van der Waals surface area contributed by atoms with Gasteiger partial charge in [-0.3, -0.25) is 14.9 Å². The molecule has 5 heteroatoms. The fourth-order valence-corrected chi connectivity index (χ4v) is 3.34. The third-order valence-corrected chi connectivity index (χ3v) is 4.96. The highest BCUT2D eigenvalue weighted by molar-refractivity contribution is 6.14. The highest BCUT2D eigenvalue weighted by Crippen LogP contribution is 2.25. The maximum absolute atomic E-state index is 12.9. The van der Waals surface area contributed by atoms with Crippen LogP contribution in [0.2, 0.25) is 0 Å². The molecule has 3 aromatic rings. The molecule has 0 heterocycles. The zero-order chi connectivity index (χ0) is 21.5. The second-order valence-electron chi connectivity index (χ2n) is 7.08. The van der Waals surface area contributed by atoms with Gasteiger partial charge in [0.05, 0.1) is 18.8 Å². The fraction of sp³-hybridized carbons (Fsp3) is 0.200. The van der Waals surface area contributed by atoms with Gasteiger partial charge in [0.15, 0.2) is 5.78 Å². The average molecular weight is 402 g/mol. The number of ether oxygens (including phenoxy) is 1. The Morgan fingerprint density at radius 3 is 2.20 bits per heavy atom. The number of hydrogen-bond acceptors (Lipinski definition) is 4. The fourth-order valence-electron chi connectivity index (χ4n) is 3.34. The lowest BCUT2D eigenvalue weighted by Crippen LogP contribution is -2.39. The van der Waals surface area contributed by atoms with E-state index in [0.29, 0.717) is 16.8 Å². The lowest BCUT2D eigenvalue weighted by molar-refractivity contribution is -0.117. The van der Waals surface area contributed by atoms with Crippen molar-refractivity contribution in [1.29, 1.82) is 0 Å². The number of carbonyl (C=O) groups is 2. The first-order valence-electron chi connectivity index (χ1n) is 9.90. The second kappa shape index (κ2) is 9.85. The van der Waals surface area contributed by atoms with E-state index in [2.05, 4.69) is 10.6 Å². The van der Waals surface area contributed by atoms with E-state index in [0.717, 1.165) is 11.3 Å². The Balaban J connectivity index is 1.72. The van der Waals surface area contributed by atoms with Crippen LogP contribution in [0.25, 0.3) is 0 Å². The number of benzene rings is 3. The maximum Gasteiger partial charge on any atom is 0.241 e. The summed E-state index contributed by atoms with van der Waals surface area (Å²) in [6.07, 6.45) is 0. The normalized spacial score (nSPS) is 12.6. The van der Waals surface area contributed by atoms with Gasteiger partial charge in [0, 0.05) is 22.7 Å². The molecule has 5 nitrogen and oxygen atoms in total. The van der Waals surface area contributed by atoms with E-state index in [9.17, 15) is 9.59 Å². The van der Waals surface area contributed by atoms with Crippen LogP contribution in [-0.2, 0) is 4.79 Å². The molecule has 0 saturated heterocycles. The summed E-state index contributed by atoms with van der Waals surface area (Å²) in [5.41, 5.74) is 2.51. The van der Waals surface area contributed by atoms with Crippen LogP contribution in [0.3, 0.4) is 0 Å². The summed E-state index contributed by atoms with van der Waals surface area (Å²) in [7, 11) is 1.63. The van der Waals surface area contributed by atoms with E-state index in [-0.39, 0.29) is 17.7 Å². The van der Waals surface area contributed by atoms with Gasteiger partial charge in [-0.15, -0.1) is 0 Å². The molecule has 3 rings (SSSR count). The number of para-hydroxylation sites is 2. The van der Waals surface area contributed by atoms with Gasteiger partial charge in [0.25, 0.3) is 0 Å². The quantitative estimate of drug-likeness (QED) is 0.540. The Kier molecular flexibility index (Phi) is 6.99. The van der Waals surface area contributed by atoms with Crippen LogP contribution < -0.4 is 15.4 Å². The summed E-state index contributed by atoms with van der Waals surface area (Å²) in [5.74, 6) is 0.420. The van der Waals surface area contributed by atoms with Gasteiger partial charge < -0.3 is 10.1 Å². The molecule has 154 valence electrons. The molecule has 0 fully saturated rings. The summed E-state index contributed by atoms with van der Waals surface area (Å²) < 4.78 is 5.41. The van der Waals surface area contributed by atoms with Crippen molar-refractivity contribution in [2.75, 3.05) is 12.4 Å². The van der Waals surface area contributed by atoms with Crippen LogP contribution in [0.4, 0.5) is 5.69 Å². The molecule has 0 aliphatic heterocycles. The minimum Gasteiger partial charge on any atom is -0.496 e. The van der Waals surface area contributed by atoms with E-state index in [1.807, 2.05) is 49.4 Å². The van der Waals surface area contributed by atoms with E-state index < -0.39 is 6.04 Å². The molecular formula is C25H26N2O3. The second-order valence-corrected chi connectivity index (χ2v) is 7.08. The van der Waals surface area contributed by atoms with Crippen molar-refractivity contribution in [1.82, 2.24) is 5.32 Å². The monoisotopic (exact) mass is 402 g/mol. The Hall–Kier alpha value is -3.44. The van der Waals surface area contributed by atoms with E-state index >= 15 is 0 Å². The number of amides is 1. The standard InChI is InChI=1S/C25H26N2O3/c1-17(20-13-8-10-16-23(20)30-3)26-18(2)25(29)27-22-15-9-7-14-21(22)24(28)19-11-5-4-6-12-19/h4-18,26H,1-3H3,(H,27,29)/t17-,18+/m0/s1. The van der Waals surface area contributed by atoms with Crippen LogP contribution in [0.15, 0.2) is 78.9 Å². The molecule has 0 bridgehead atoms. The van der Waals surface area contributed by atoms with Crippen LogP contribution in [0.1, 0.15) is 41.4 Å². The van der Waals surface area contributed by atoms with E-state index in [4.69, 9.17) is 4.74 Å². The van der Waals surface area contributed by atoms with Crippen molar-refractivity contribution in [2.24, 2.45) is 0 Å². The minimum atomic E-state index is -0.482. The van der Waals surface area contributed by atoms with Crippen molar-refractivity contribution >= 4 is 17.4 Å². The van der Waals surface area contributed by atoms with E-state index in [1.165, 1.54) is 0 Å². The first-order valence-corrected chi connectivity index (χ1v) is 9.90. The molecule has 0 aliphatic carbocycles. The summed E-state index contributed by atoms with van der Waals surface area (Å²) >= 11 is 0. The van der Waals surface area contributed by atoms with Crippen LogP contribution in [0.5, 0.6) is 5.75 Å². The predicted molar refractivity (Wildman–Crippen MR) is 119 cm³/mol. The van der Waals surface area contributed by atoms with E-state index in [1.54, 1.807) is 50.4 Å². The third kappa shape index (κ3) is 4.93. The highest BCUT2D eigenvalue weighted by Gasteiger charge is 2.20. The summed E-state index contributed by atoms with van der Waals surface area (Å²) in [5, 5.41) is 6.19. The maximum atomic E-state index is 12.9. The first-order chi connectivity index (χ1) is 14.5. The number of hydrogen-bond donors (Lipinski definition) is 2. The summed E-state index contributed by atoms with van der Waals surface area (Å²) in [6.45, 7) is 3.78. The number of ketones is 1. The first kappa shape index (κ1) is 21.3. The van der Waals surface area contributed by atoms with Gasteiger partial charge >= 0.3 is 0 Å². The summed E-state index contributed by atoms with van der Waals surface area (Å²) in [6, 6.07) is 23.2. The number of carbonyl (C=O) groups excluding carboxylic acids is 2. The van der Waals surface area contributed by atoms with Gasteiger partial charge in [-0.2, -0.15) is 0 Å². The minimum absolute atomic E-state index is 0.0944. The Morgan fingerprint density at radius 2 is 1.47 bits per heavy atom. The molecule has 30 heavy (non-hydrogen) atoms. The molecule has 0 radical (unpaired) electrons. The molecule has 0 aromatic heterocycles. The number of nitrogens with one attached hydrogen (secondary N) is 2. The Bertz CT molecular complexity index is 1020. The molecule has 0 unspecified atom stereocenters. The van der Waals surface area contributed by atoms with Gasteiger partial charge in [-0.05, 0) is 32.0 Å². The zero-order valence-corrected chi connectivity index (χ0v) is 17.4. The number of rotatable bonds is 8. The van der Waals surface area contributed by atoms with Crippen molar-refractivity contribution in [3.63, 3.8) is 0 Å². The smallest absolute Gasteiger partial charge is 0.241 e. The topological polar surface area (TPSA) is 67.4 Å². The molecule has 2 atom stereocenters. The van der Waals surface area contributed by atoms with Crippen molar-refractivity contribution < 1.29 is 14.3 Å². The molecule has 2 N–H and O–H groups in total. The van der Waals surface area contributed by atoms with Crippen LogP contribution in [0, 0.1) is 0 Å². The van der Waals surface area contributed by atoms with Crippen molar-refractivity contribution in [3.05, 3.63) is 95.6 Å². The molecule has 0 spiro atoms. The Morgan fingerprint density at radius 1 is 0.833 bits per heavy atom. The molecule has 1 amide bonds. The van der Waals surface area contributed by atoms with Crippen LogP contribution in [-0.4, -0.2) is 24.8 Å². The highest BCUT2D eigenvalue weighted by atomic mass is 16.5. The van der Waals surface area contributed by atoms with Crippen LogP contribution >= 0.6 is 0 Å². The predicted octanol–water partition coefficient (Wildman–Crippen LogP) is 4.60. The molecule has 3 aromatic carbocycles. The van der Waals surface area contributed by atoms with Gasteiger partial charge in [-0.1, -0.05) is 60.7 Å². The third-order valence-electron chi connectivity index (χ3n) is 4.96. The molecular weight excluding hydrogens is 376 g/mol. The van der Waals surface area contributed by atoms with Gasteiger partial charge in [-0.25, -0.2) is 0 Å². The zero-order valence-electron chi connectivity index (χ0n) is 17.4. The lowest BCUT2D eigenvalue weighted by atomic mass is 10.0. The number of methoxy groups -OCH3 is 1. The van der Waals surface area contributed by atoms with Crippen molar-refractivity contribution in [2.45, 2.75) is 25.9 Å². The van der Waals surface area contributed by atoms with Gasteiger partial charge in [0.1, 0.15) is 5.75 Å². The van der Waals surface area contributed by atoms with Gasteiger partial charge in [0.2, 0.25) is 5.91 Å². The van der Waals surface area contributed by atoms with Crippen molar-refractivity contribution in [3.8, 4) is 5.75 Å². The largest absolute Gasteiger partial charge is 0.496 e. The molecule has 0 aliphatic rings. The lowest BCUT2D eigenvalue weighted by Gasteiger charge is -2.22. The number of anilines is 1.